The largest absolute Gasteiger partial charge is 0.461 e. The number of amides is 2. The van der Waals surface area contributed by atoms with E-state index in [1.165, 1.54) is 6.42 Å². The molecule has 2 amide bonds. The average molecular weight is 356 g/mol. The summed E-state index contributed by atoms with van der Waals surface area (Å²) >= 11 is 0. The molecule has 1 aliphatic carbocycles. The van der Waals surface area contributed by atoms with E-state index in [-0.39, 0.29) is 11.8 Å². The average Bonchev–Trinajstić information content (AvgIpc) is 3.11. The maximum atomic E-state index is 12.5. The van der Waals surface area contributed by atoms with Gasteiger partial charge in [-0.1, -0.05) is 6.92 Å². The van der Waals surface area contributed by atoms with E-state index >= 15 is 0 Å². The summed E-state index contributed by atoms with van der Waals surface area (Å²) < 4.78 is 5.81. The van der Waals surface area contributed by atoms with Crippen LogP contribution >= 0.6 is 0 Å². The van der Waals surface area contributed by atoms with Gasteiger partial charge in [-0.05, 0) is 56.2 Å². The minimum atomic E-state index is 0.00908. The van der Waals surface area contributed by atoms with Gasteiger partial charge in [0.1, 0.15) is 11.5 Å². The van der Waals surface area contributed by atoms with Crippen LogP contribution in [0.1, 0.15) is 56.5 Å². The Kier molecular flexibility index (Phi) is 4.88. The van der Waals surface area contributed by atoms with Crippen LogP contribution in [0.5, 0.6) is 0 Å². The molecule has 4 rings (SSSR count). The van der Waals surface area contributed by atoms with Crippen molar-refractivity contribution in [2.75, 3.05) is 26.2 Å². The second-order valence-electron chi connectivity index (χ2n) is 8.02. The molecule has 2 saturated heterocycles. The summed E-state index contributed by atoms with van der Waals surface area (Å²) in [7, 11) is 0. The Hall–Kier alpha value is -2.04. The van der Waals surface area contributed by atoms with Gasteiger partial charge in [-0.3, -0.25) is 9.59 Å². The topological polar surface area (TPSA) is 53.8 Å². The molecule has 0 bridgehead atoms. The van der Waals surface area contributed by atoms with Gasteiger partial charge < -0.3 is 14.2 Å². The van der Waals surface area contributed by atoms with E-state index in [1.54, 1.807) is 12.2 Å². The third kappa shape index (κ3) is 3.71. The number of likely N-dealkylation sites (tertiary alicyclic amines) is 2. The summed E-state index contributed by atoms with van der Waals surface area (Å²) in [6, 6.07) is 3.96. The number of hydrogen-bond acceptors (Lipinski definition) is 3. The van der Waals surface area contributed by atoms with Gasteiger partial charge >= 0.3 is 0 Å². The van der Waals surface area contributed by atoms with E-state index in [2.05, 4.69) is 6.92 Å². The van der Waals surface area contributed by atoms with E-state index in [4.69, 9.17) is 4.42 Å². The molecular formula is C21H28N2O3. The van der Waals surface area contributed by atoms with Crippen LogP contribution < -0.4 is 0 Å². The lowest BCUT2D eigenvalue weighted by Gasteiger charge is -2.32. The Morgan fingerprint density at radius 3 is 2.42 bits per heavy atom. The Bertz CT molecular complexity index is 694. The number of carbonyl (C=O) groups excluding carboxylic acids is 2. The molecule has 2 aliphatic heterocycles. The lowest BCUT2D eigenvalue weighted by molar-refractivity contribution is -0.138. The van der Waals surface area contributed by atoms with Crippen molar-refractivity contribution in [1.82, 2.24) is 9.80 Å². The second-order valence-corrected chi connectivity index (χ2v) is 8.02. The van der Waals surface area contributed by atoms with Gasteiger partial charge in [0, 0.05) is 44.1 Å². The summed E-state index contributed by atoms with van der Waals surface area (Å²) in [5.74, 6) is 3.44. The Balaban J connectivity index is 1.26. The summed E-state index contributed by atoms with van der Waals surface area (Å²) in [6.07, 6.45) is 8.37. The molecule has 0 aromatic carbocycles. The Labute approximate surface area is 155 Å². The van der Waals surface area contributed by atoms with Crippen LogP contribution in [-0.2, 0) is 9.59 Å². The normalized spacial score (nSPS) is 26.7. The fourth-order valence-electron chi connectivity index (χ4n) is 4.18. The van der Waals surface area contributed by atoms with Crippen LogP contribution in [0.15, 0.2) is 22.6 Å². The Morgan fingerprint density at radius 1 is 1.08 bits per heavy atom. The van der Waals surface area contributed by atoms with E-state index < -0.39 is 0 Å². The zero-order valence-electron chi connectivity index (χ0n) is 15.5. The molecule has 0 radical (unpaired) electrons. The molecule has 0 N–H and O–H groups in total. The summed E-state index contributed by atoms with van der Waals surface area (Å²) in [5.41, 5.74) is 0. The maximum absolute atomic E-state index is 12.5. The molecule has 3 fully saturated rings. The van der Waals surface area contributed by atoms with Gasteiger partial charge in [-0.25, -0.2) is 0 Å². The van der Waals surface area contributed by atoms with E-state index in [9.17, 15) is 9.59 Å². The number of furan rings is 1. The molecule has 5 nitrogen and oxygen atoms in total. The first-order valence-corrected chi connectivity index (χ1v) is 9.97. The lowest BCUT2D eigenvalue weighted by atomic mass is 9.95. The highest BCUT2D eigenvalue weighted by Crippen LogP contribution is 2.47. The third-order valence-electron chi connectivity index (χ3n) is 6.09. The second kappa shape index (κ2) is 7.29. The van der Waals surface area contributed by atoms with Gasteiger partial charge in [0.05, 0.1) is 0 Å². The number of nitrogens with zero attached hydrogens (tertiary/aromatic N) is 2. The zero-order valence-corrected chi connectivity index (χ0v) is 15.5. The minimum absolute atomic E-state index is 0.00908. The van der Waals surface area contributed by atoms with Crippen molar-refractivity contribution in [3.63, 3.8) is 0 Å². The highest BCUT2D eigenvalue weighted by atomic mass is 16.3. The van der Waals surface area contributed by atoms with E-state index in [0.717, 1.165) is 50.3 Å². The van der Waals surface area contributed by atoms with Gasteiger partial charge in [0.25, 0.3) is 0 Å². The van der Waals surface area contributed by atoms with Crippen molar-refractivity contribution in [1.29, 1.82) is 0 Å². The fourth-order valence-corrected chi connectivity index (χ4v) is 4.18. The quantitative estimate of drug-likeness (QED) is 0.778. The van der Waals surface area contributed by atoms with Crippen LogP contribution in [-0.4, -0.2) is 47.8 Å². The first kappa shape index (κ1) is 17.4. The molecular weight excluding hydrogens is 328 g/mol. The van der Waals surface area contributed by atoms with Gasteiger partial charge in [0.15, 0.2) is 0 Å². The number of carbonyl (C=O) groups is 2. The summed E-state index contributed by atoms with van der Waals surface area (Å²) in [4.78, 5) is 28.7. The predicted octanol–water partition coefficient (Wildman–Crippen LogP) is 3.28. The molecule has 2 atom stereocenters. The highest BCUT2D eigenvalue weighted by molar-refractivity contribution is 5.91. The van der Waals surface area contributed by atoms with Crippen LogP contribution in [0.3, 0.4) is 0 Å². The standard InChI is InChI=1S/C21H28N2O3/c1-15-14-18(15)19-6-4-17(26-19)5-7-20(24)22-12-8-16(9-13-22)21(25)23-10-2-3-11-23/h4-7,15-16,18H,2-3,8-14H2,1H3/b7-5+. The molecule has 5 heteroatoms. The molecule has 3 heterocycles. The number of hydrogen-bond donors (Lipinski definition) is 0. The first-order valence-electron chi connectivity index (χ1n) is 9.97. The van der Waals surface area contributed by atoms with Crippen LogP contribution in [0.4, 0.5) is 0 Å². The van der Waals surface area contributed by atoms with Crippen molar-refractivity contribution < 1.29 is 14.0 Å². The van der Waals surface area contributed by atoms with Gasteiger partial charge in [0.2, 0.25) is 11.8 Å². The predicted molar refractivity (Wildman–Crippen MR) is 99.4 cm³/mol. The Morgan fingerprint density at radius 2 is 1.77 bits per heavy atom. The smallest absolute Gasteiger partial charge is 0.246 e. The summed E-state index contributed by atoms with van der Waals surface area (Å²) in [5, 5.41) is 0. The van der Waals surface area contributed by atoms with Crippen molar-refractivity contribution in [2.24, 2.45) is 11.8 Å². The molecule has 1 aromatic heterocycles. The molecule has 1 saturated carbocycles. The number of piperidine rings is 1. The van der Waals surface area contributed by atoms with Crippen molar-refractivity contribution in [2.45, 2.75) is 44.9 Å². The third-order valence-corrected chi connectivity index (χ3v) is 6.09. The summed E-state index contributed by atoms with van der Waals surface area (Å²) in [6.45, 7) is 5.37. The monoisotopic (exact) mass is 356 g/mol. The van der Waals surface area contributed by atoms with Crippen molar-refractivity contribution in [3.05, 3.63) is 29.7 Å². The van der Waals surface area contributed by atoms with Gasteiger partial charge in [-0.2, -0.15) is 0 Å². The van der Waals surface area contributed by atoms with Crippen LogP contribution in [0.2, 0.25) is 0 Å². The van der Waals surface area contributed by atoms with Crippen molar-refractivity contribution in [3.8, 4) is 0 Å². The van der Waals surface area contributed by atoms with E-state index in [1.807, 2.05) is 21.9 Å². The SMILES string of the molecule is CC1CC1c1ccc(/C=C/C(=O)N2CCC(C(=O)N3CCCC3)CC2)o1. The molecule has 3 aliphatic rings. The highest BCUT2D eigenvalue weighted by Gasteiger charge is 2.36. The minimum Gasteiger partial charge on any atom is -0.461 e. The first-order chi connectivity index (χ1) is 12.6. The molecule has 0 spiro atoms. The maximum Gasteiger partial charge on any atom is 0.246 e. The van der Waals surface area contributed by atoms with Crippen molar-refractivity contribution >= 4 is 17.9 Å². The molecule has 140 valence electrons. The fraction of sp³-hybridized carbons (Fsp3) is 0.619. The molecule has 1 aromatic rings. The molecule has 26 heavy (non-hydrogen) atoms. The zero-order chi connectivity index (χ0) is 18.1. The van der Waals surface area contributed by atoms with Gasteiger partial charge in [-0.15, -0.1) is 0 Å². The lowest BCUT2D eigenvalue weighted by Crippen LogP contribution is -2.43. The molecule has 2 unspecified atom stereocenters. The van der Waals surface area contributed by atoms with Crippen LogP contribution in [0, 0.1) is 11.8 Å². The number of rotatable bonds is 4. The van der Waals surface area contributed by atoms with Crippen LogP contribution in [0.25, 0.3) is 6.08 Å². The van der Waals surface area contributed by atoms with E-state index in [0.29, 0.717) is 30.8 Å².